The van der Waals surface area contributed by atoms with E-state index >= 15 is 0 Å². The quantitative estimate of drug-likeness (QED) is 0.733. The van der Waals surface area contributed by atoms with Crippen molar-refractivity contribution in [2.75, 3.05) is 20.1 Å². The molecule has 0 aromatic carbocycles. The first kappa shape index (κ1) is 13.0. The molecule has 4 rings (SSSR count). The molecule has 3 fully saturated rings. The number of hydrogen-bond acceptors (Lipinski definition) is 3. The molecule has 0 aromatic heterocycles. The Hall–Kier alpha value is -0.670. The van der Waals surface area contributed by atoms with Crippen molar-refractivity contribution in [3.05, 3.63) is 11.6 Å². The average Bonchev–Trinajstić information content (AvgIpc) is 2.83. The maximum Gasteiger partial charge on any atom is 0.162 e. The summed E-state index contributed by atoms with van der Waals surface area (Å²) in [5.74, 6) is 2.16. The van der Waals surface area contributed by atoms with Crippen LogP contribution in [0.15, 0.2) is 11.6 Å². The SMILES string of the molecule is CC1=CC(=O)C23CC4CN(C)CCC4C2C(O)CC3C1. The van der Waals surface area contributed by atoms with Crippen LogP contribution in [-0.4, -0.2) is 42.0 Å². The first-order valence-corrected chi connectivity index (χ1v) is 8.10. The van der Waals surface area contributed by atoms with Gasteiger partial charge in [-0.2, -0.15) is 0 Å². The van der Waals surface area contributed by atoms with Crippen LogP contribution in [0.2, 0.25) is 0 Å². The lowest BCUT2D eigenvalue weighted by Gasteiger charge is -2.38. The number of aliphatic hydroxyl groups is 1. The molecule has 1 N–H and O–H groups in total. The maximum atomic E-state index is 12.9. The summed E-state index contributed by atoms with van der Waals surface area (Å²) in [5.41, 5.74) is 1.00. The second-order valence-corrected chi connectivity index (χ2v) is 7.80. The molecule has 1 saturated heterocycles. The third-order valence-electron chi connectivity index (χ3n) is 6.73. The predicted molar refractivity (Wildman–Crippen MR) is 77.1 cm³/mol. The Balaban J connectivity index is 1.76. The normalized spacial score (nSPS) is 51.5. The number of carbonyl (C=O) groups is 1. The van der Waals surface area contributed by atoms with Crippen LogP contribution in [0.4, 0.5) is 0 Å². The van der Waals surface area contributed by atoms with Crippen LogP contribution in [0.5, 0.6) is 0 Å². The second-order valence-electron chi connectivity index (χ2n) is 7.80. The minimum Gasteiger partial charge on any atom is -0.393 e. The number of aliphatic hydroxyl groups excluding tert-OH is 1. The summed E-state index contributed by atoms with van der Waals surface area (Å²) < 4.78 is 0. The number of rotatable bonds is 0. The zero-order chi connectivity index (χ0) is 14.1. The monoisotopic (exact) mass is 275 g/mol. The lowest BCUT2D eigenvalue weighted by molar-refractivity contribution is -0.129. The lowest BCUT2D eigenvalue weighted by atomic mass is 9.64. The van der Waals surface area contributed by atoms with E-state index in [1.165, 1.54) is 5.57 Å². The predicted octanol–water partition coefficient (Wildman–Crippen LogP) is 1.86. The second kappa shape index (κ2) is 4.17. The topological polar surface area (TPSA) is 40.5 Å². The molecule has 0 bridgehead atoms. The molecule has 3 heteroatoms. The number of allylic oxidation sites excluding steroid dienone is 2. The Bertz CT molecular complexity index is 485. The van der Waals surface area contributed by atoms with E-state index in [1.54, 1.807) is 0 Å². The highest BCUT2D eigenvalue weighted by Gasteiger charge is 2.67. The first-order valence-electron chi connectivity index (χ1n) is 8.10. The van der Waals surface area contributed by atoms with E-state index in [-0.39, 0.29) is 17.4 Å². The molecule has 0 radical (unpaired) electrons. The standard InChI is InChI=1S/C17H25NO2/c1-10-5-12-7-14(19)16-13-3-4-18(2)9-11(13)8-17(12,16)15(20)6-10/h6,11-14,16,19H,3-5,7-9H2,1-2H3. The number of nitrogens with zero attached hydrogens (tertiary/aromatic N) is 1. The zero-order valence-corrected chi connectivity index (χ0v) is 12.5. The number of fused-ring (bicyclic) bond motifs is 2. The molecule has 20 heavy (non-hydrogen) atoms. The molecule has 1 heterocycles. The molecule has 0 amide bonds. The van der Waals surface area contributed by atoms with Crippen LogP contribution in [0.3, 0.4) is 0 Å². The lowest BCUT2D eigenvalue weighted by Crippen LogP contribution is -2.42. The molecule has 2 saturated carbocycles. The molecular formula is C17H25NO2. The highest BCUT2D eigenvalue weighted by atomic mass is 16.3. The van der Waals surface area contributed by atoms with Gasteiger partial charge in [0.1, 0.15) is 0 Å². The fourth-order valence-electron chi connectivity index (χ4n) is 6.13. The van der Waals surface area contributed by atoms with Gasteiger partial charge in [-0.05, 0) is 70.0 Å². The van der Waals surface area contributed by atoms with Gasteiger partial charge in [-0.3, -0.25) is 4.79 Å². The Morgan fingerprint density at radius 2 is 2.25 bits per heavy atom. The molecule has 6 unspecified atom stereocenters. The smallest absolute Gasteiger partial charge is 0.162 e. The Labute approximate surface area is 121 Å². The van der Waals surface area contributed by atoms with Gasteiger partial charge < -0.3 is 10.0 Å². The Morgan fingerprint density at radius 3 is 3.05 bits per heavy atom. The van der Waals surface area contributed by atoms with Gasteiger partial charge in [0.2, 0.25) is 0 Å². The van der Waals surface area contributed by atoms with Gasteiger partial charge in [0.05, 0.1) is 6.10 Å². The van der Waals surface area contributed by atoms with Gasteiger partial charge in [0.15, 0.2) is 5.78 Å². The van der Waals surface area contributed by atoms with Crippen molar-refractivity contribution in [1.29, 1.82) is 0 Å². The number of piperidine rings is 1. The van der Waals surface area contributed by atoms with Crippen LogP contribution in [0.1, 0.15) is 32.6 Å². The number of carbonyl (C=O) groups excluding carboxylic acids is 1. The molecule has 3 nitrogen and oxygen atoms in total. The number of likely N-dealkylation sites (tertiary alicyclic amines) is 1. The van der Waals surface area contributed by atoms with Crippen molar-refractivity contribution in [2.45, 2.75) is 38.7 Å². The summed E-state index contributed by atoms with van der Waals surface area (Å²) in [6.45, 7) is 4.30. The van der Waals surface area contributed by atoms with Crippen LogP contribution >= 0.6 is 0 Å². The van der Waals surface area contributed by atoms with E-state index in [0.29, 0.717) is 23.5 Å². The van der Waals surface area contributed by atoms with E-state index in [0.717, 1.165) is 38.8 Å². The van der Waals surface area contributed by atoms with E-state index < -0.39 is 0 Å². The van der Waals surface area contributed by atoms with Gasteiger partial charge in [-0.1, -0.05) is 5.57 Å². The summed E-state index contributed by atoms with van der Waals surface area (Å²) in [6.07, 6.45) is 5.70. The molecule has 4 aliphatic rings. The van der Waals surface area contributed by atoms with Crippen LogP contribution in [-0.2, 0) is 4.79 Å². The minimum absolute atomic E-state index is 0.209. The van der Waals surface area contributed by atoms with Crippen molar-refractivity contribution in [3.8, 4) is 0 Å². The van der Waals surface area contributed by atoms with Gasteiger partial charge >= 0.3 is 0 Å². The van der Waals surface area contributed by atoms with Crippen molar-refractivity contribution in [3.63, 3.8) is 0 Å². The fourth-order valence-corrected chi connectivity index (χ4v) is 6.13. The van der Waals surface area contributed by atoms with Crippen LogP contribution < -0.4 is 0 Å². The maximum absolute atomic E-state index is 12.9. The van der Waals surface area contributed by atoms with Crippen molar-refractivity contribution in [2.24, 2.45) is 29.1 Å². The van der Waals surface area contributed by atoms with Crippen molar-refractivity contribution >= 4 is 5.78 Å². The van der Waals surface area contributed by atoms with Gasteiger partial charge in [-0.25, -0.2) is 0 Å². The van der Waals surface area contributed by atoms with Crippen molar-refractivity contribution < 1.29 is 9.90 Å². The number of hydrogen-bond donors (Lipinski definition) is 1. The zero-order valence-electron chi connectivity index (χ0n) is 12.5. The van der Waals surface area contributed by atoms with E-state index in [4.69, 9.17) is 0 Å². The Kier molecular flexibility index (Phi) is 2.72. The summed E-state index contributed by atoms with van der Waals surface area (Å²) in [4.78, 5) is 15.3. The van der Waals surface area contributed by atoms with Gasteiger partial charge in [0.25, 0.3) is 0 Å². The van der Waals surface area contributed by atoms with E-state index in [1.807, 2.05) is 6.08 Å². The fraction of sp³-hybridized carbons (Fsp3) is 0.824. The molecular weight excluding hydrogens is 250 g/mol. The number of ketones is 1. The van der Waals surface area contributed by atoms with Crippen molar-refractivity contribution in [1.82, 2.24) is 4.90 Å². The molecule has 1 spiro atoms. The average molecular weight is 275 g/mol. The Morgan fingerprint density at radius 1 is 1.45 bits per heavy atom. The highest BCUT2D eigenvalue weighted by molar-refractivity contribution is 5.97. The van der Waals surface area contributed by atoms with Gasteiger partial charge in [0, 0.05) is 17.9 Å². The summed E-state index contributed by atoms with van der Waals surface area (Å²) in [6, 6.07) is 0. The molecule has 110 valence electrons. The molecule has 0 aromatic rings. The minimum atomic E-state index is -0.248. The summed E-state index contributed by atoms with van der Waals surface area (Å²) in [7, 11) is 2.18. The van der Waals surface area contributed by atoms with E-state index in [9.17, 15) is 9.90 Å². The largest absolute Gasteiger partial charge is 0.393 e. The summed E-state index contributed by atoms with van der Waals surface area (Å²) in [5, 5.41) is 10.6. The van der Waals surface area contributed by atoms with E-state index in [2.05, 4.69) is 18.9 Å². The first-order chi connectivity index (χ1) is 9.52. The third-order valence-corrected chi connectivity index (χ3v) is 6.73. The third kappa shape index (κ3) is 1.51. The summed E-state index contributed by atoms with van der Waals surface area (Å²) >= 11 is 0. The molecule has 1 aliphatic heterocycles. The van der Waals surface area contributed by atoms with Crippen LogP contribution in [0, 0.1) is 29.1 Å². The van der Waals surface area contributed by atoms with Gasteiger partial charge in [-0.15, -0.1) is 0 Å². The van der Waals surface area contributed by atoms with Crippen LogP contribution in [0.25, 0.3) is 0 Å². The molecule has 6 atom stereocenters. The highest BCUT2D eigenvalue weighted by Crippen LogP contribution is 2.66. The molecule has 3 aliphatic carbocycles.